The van der Waals surface area contributed by atoms with Crippen molar-refractivity contribution in [2.45, 2.75) is 6.92 Å². The first-order valence-electron chi connectivity index (χ1n) is 7.63. The molecule has 0 fully saturated rings. The minimum absolute atomic E-state index is 0.277. The lowest BCUT2D eigenvalue weighted by atomic mass is 10.1. The highest BCUT2D eigenvalue weighted by atomic mass is 79.9. The number of halogens is 1. The van der Waals surface area contributed by atoms with Gasteiger partial charge in [0.15, 0.2) is 10.9 Å². The minimum Gasteiger partial charge on any atom is -0.451 e. The van der Waals surface area contributed by atoms with E-state index in [1.54, 1.807) is 6.07 Å². The van der Waals surface area contributed by atoms with E-state index in [-0.39, 0.29) is 11.7 Å². The average molecular weight is 413 g/mol. The van der Waals surface area contributed by atoms with Crippen molar-refractivity contribution in [3.8, 4) is 11.3 Å². The van der Waals surface area contributed by atoms with Crippen LogP contribution < -0.4 is 5.32 Å². The van der Waals surface area contributed by atoms with Crippen LogP contribution >= 0.6 is 27.3 Å². The van der Waals surface area contributed by atoms with Crippen LogP contribution in [0, 0.1) is 6.92 Å². The van der Waals surface area contributed by atoms with Crippen molar-refractivity contribution in [1.29, 1.82) is 0 Å². The lowest BCUT2D eigenvalue weighted by molar-refractivity contribution is 0.0998. The number of amides is 1. The smallest absolute Gasteiger partial charge is 0.293 e. The van der Waals surface area contributed by atoms with Gasteiger partial charge in [-0.15, -0.1) is 11.3 Å². The predicted octanol–water partition coefficient (Wildman–Crippen LogP) is 5.88. The molecule has 4 nitrogen and oxygen atoms in total. The van der Waals surface area contributed by atoms with Gasteiger partial charge in [0.2, 0.25) is 0 Å². The Morgan fingerprint density at radius 1 is 1.16 bits per heavy atom. The second kappa shape index (κ2) is 6.46. The zero-order valence-electron chi connectivity index (χ0n) is 13.2. The Kier molecular flexibility index (Phi) is 4.15. The summed E-state index contributed by atoms with van der Waals surface area (Å²) in [4.78, 5) is 18.0. The number of fused-ring (bicyclic) bond motifs is 1. The first-order valence-corrected chi connectivity index (χ1v) is 9.24. The molecule has 0 spiro atoms. The Bertz CT molecular complexity index is 1030. The standard InChI is InChI=1S/C19H13BrN2O2S/c1-11-17(12-6-8-14(20)9-7-12)21-19(25-11)22-18(23)16-10-13-4-2-3-5-15(13)24-16/h2-10H,1H3,(H,21,22,23). The lowest BCUT2D eigenvalue weighted by Gasteiger charge is -1.99. The number of hydrogen-bond donors (Lipinski definition) is 1. The Balaban J connectivity index is 1.59. The molecule has 2 aromatic heterocycles. The van der Waals surface area contributed by atoms with E-state index < -0.39 is 0 Å². The third kappa shape index (κ3) is 3.23. The Morgan fingerprint density at radius 3 is 2.68 bits per heavy atom. The fraction of sp³-hybridized carbons (Fsp3) is 0.0526. The first kappa shape index (κ1) is 16.1. The van der Waals surface area contributed by atoms with Crippen LogP contribution in [0.15, 0.2) is 63.5 Å². The highest BCUT2D eigenvalue weighted by Crippen LogP contribution is 2.31. The third-order valence-corrected chi connectivity index (χ3v) is 5.20. The normalized spacial score (nSPS) is 11.0. The summed E-state index contributed by atoms with van der Waals surface area (Å²) in [6.07, 6.45) is 0. The Labute approximate surface area is 156 Å². The monoisotopic (exact) mass is 412 g/mol. The number of furan rings is 1. The zero-order valence-corrected chi connectivity index (χ0v) is 15.6. The maximum Gasteiger partial charge on any atom is 0.293 e. The van der Waals surface area contributed by atoms with E-state index in [4.69, 9.17) is 4.42 Å². The molecule has 0 bridgehead atoms. The van der Waals surface area contributed by atoms with Gasteiger partial charge in [-0.2, -0.15) is 0 Å². The van der Waals surface area contributed by atoms with E-state index in [0.29, 0.717) is 10.7 Å². The van der Waals surface area contributed by atoms with Crippen molar-refractivity contribution in [3.05, 3.63) is 69.7 Å². The number of aromatic nitrogens is 1. The van der Waals surface area contributed by atoms with Crippen LogP contribution in [-0.2, 0) is 0 Å². The number of rotatable bonds is 3. The van der Waals surface area contributed by atoms with Crippen LogP contribution in [0.5, 0.6) is 0 Å². The number of nitrogens with zero attached hydrogens (tertiary/aromatic N) is 1. The number of hydrogen-bond acceptors (Lipinski definition) is 4. The maximum atomic E-state index is 12.4. The summed E-state index contributed by atoms with van der Waals surface area (Å²) in [5.74, 6) is -0.0217. The fourth-order valence-corrected chi connectivity index (χ4v) is 3.67. The molecule has 0 saturated carbocycles. The topological polar surface area (TPSA) is 55.1 Å². The van der Waals surface area contributed by atoms with Crippen LogP contribution in [-0.4, -0.2) is 10.9 Å². The second-order valence-corrected chi connectivity index (χ2v) is 7.65. The first-order chi connectivity index (χ1) is 12.1. The summed E-state index contributed by atoms with van der Waals surface area (Å²) in [7, 11) is 0. The molecule has 0 aliphatic rings. The van der Waals surface area contributed by atoms with E-state index in [1.807, 2.05) is 55.5 Å². The molecule has 0 radical (unpaired) electrons. The van der Waals surface area contributed by atoms with Gasteiger partial charge in [0.05, 0.1) is 5.69 Å². The molecule has 1 N–H and O–H groups in total. The van der Waals surface area contributed by atoms with Gasteiger partial charge >= 0.3 is 0 Å². The van der Waals surface area contributed by atoms with E-state index in [0.717, 1.165) is 26.0 Å². The van der Waals surface area contributed by atoms with Crippen molar-refractivity contribution in [2.75, 3.05) is 5.32 Å². The largest absolute Gasteiger partial charge is 0.451 e. The van der Waals surface area contributed by atoms with Crippen molar-refractivity contribution in [3.63, 3.8) is 0 Å². The predicted molar refractivity (Wildman–Crippen MR) is 104 cm³/mol. The lowest BCUT2D eigenvalue weighted by Crippen LogP contribution is -2.10. The molecule has 2 heterocycles. The Hall–Kier alpha value is -2.44. The van der Waals surface area contributed by atoms with Crippen LogP contribution in [0.2, 0.25) is 0 Å². The number of benzene rings is 2. The number of anilines is 1. The highest BCUT2D eigenvalue weighted by Gasteiger charge is 2.16. The molecule has 0 aliphatic heterocycles. The number of carbonyl (C=O) groups is 1. The fourth-order valence-electron chi connectivity index (χ4n) is 2.58. The molecule has 0 atom stereocenters. The molecule has 0 aliphatic carbocycles. The van der Waals surface area contributed by atoms with Crippen LogP contribution in [0.25, 0.3) is 22.2 Å². The molecular formula is C19H13BrN2O2S. The molecule has 0 unspecified atom stereocenters. The van der Waals surface area contributed by atoms with E-state index in [1.165, 1.54) is 11.3 Å². The number of thiazole rings is 1. The van der Waals surface area contributed by atoms with Crippen LogP contribution in [0.4, 0.5) is 5.13 Å². The average Bonchev–Trinajstić information content (AvgIpc) is 3.19. The van der Waals surface area contributed by atoms with Crippen LogP contribution in [0.1, 0.15) is 15.4 Å². The van der Waals surface area contributed by atoms with Gasteiger partial charge < -0.3 is 4.42 Å². The molecule has 0 saturated heterocycles. The second-order valence-electron chi connectivity index (χ2n) is 5.53. The quantitative estimate of drug-likeness (QED) is 0.456. The van der Waals surface area contributed by atoms with Gasteiger partial charge in [-0.05, 0) is 31.2 Å². The number of carbonyl (C=O) groups excluding carboxylic acids is 1. The summed E-state index contributed by atoms with van der Waals surface area (Å²) in [5, 5.41) is 4.28. The van der Waals surface area contributed by atoms with Gasteiger partial charge in [-0.25, -0.2) is 4.98 Å². The van der Waals surface area contributed by atoms with E-state index >= 15 is 0 Å². The zero-order chi connectivity index (χ0) is 17.4. The maximum absolute atomic E-state index is 12.4. The molecule has 1 amide bonds. The summed E-state index contributed by atoms with van der Waals surface area (Å²) >= 11 is 4.88. The summed E-state index contributed by atoms with van der Waals surface area (Å²) < 4.78 is 6.61. The third-order valence-electron chi connectivity index (χ3n) is 3.78. The van der Waals surface area contributed by atoms with Crippen molar-refractivity contribution < 1.29 is 9.21 Å². The summed E-state index contributed by atoms with van der Waals surface area (Å²) in [6, 6.07) is 17.2. The summed E-state index contributed by atoms with van der Waals surface area (Å²) in [6.45, 7) is 1.99. The number of para-hydroxylation sites is 1. The van der Waals surface area contributed by atoms with Crippen LogP contribution in [0.3, 0.4) is 0 Å². The van der Waals surface area contributed by atoms with Gasteiger partial charge in [-0.1, -0.05) is 46.3 Å². The molecule has 4 aromatic rings. The number of nitrogens with one attached hydrogen (secondary N) is 1. The number of aryl methyl sites for hydroxylation is 1. The Morgan fingerprint density at radius 2 is 1.92 bits per heavy atom. The summed E-state index contributed by atoms with van der Waals surface area (Å²) in [5.41, 5.74) is 2.58. The molecule has 2 aromatic carbocycles. The van der Waals surface area contributed by atoms with Gasteiger partial charge in [0.25, 0.3) is 5.91 Å². The highest BCUT2D eigenvalue weighted by molar-refractivity contribution is 9.10. The molecule has 25 heavy (non-hydrogen) atoms. The van der Waals surface area contributed by atoms with Crippen molar-refractivity contribution in [2.24, 2.45) is 0 Å². The van der Waals surface area contributed by atoms with E-state index in [2.05, 4.69) is 26.2 Å². The van der Waals surface area contributed by atoms with Gasteiger partial charge in [0, 0.05) is 20.3 Å². The van der Waals surface area contributed by atoms with Gasteiger partial charge in [-0.3, -0.25) is 10.1 Å². The molecule has 6 heteroatoms. The van der Waals surface area contributed by atoms with E-state index in [9.17, 15) is 4.79 Å². The molecular weight excluding hydrogens is 400 g/mol. The molecule has 4 rings (SSSR count). The SMILES string of the molecule is Cc1sc(NC(=O)c2cc3ccccc3o2)nc1-c1ccc(Br)cc1. The van der Waals surface area contributed by atoms with Crippen molar-refractivity contribution >= 4 is 49.3 Å². The molecule has 124 valence electrons. The minimum atomic E-state index is -0.299. The van der Waals surface area contributed by atoms with Gasteiger partial charge in [0.1, 0.15) is 5.58 Å². The van der Waals surface area contributed by atoms with Crippen molar-refractivity contribution in [1.82, 2.24) is 4.98 Å².